The maximum Gasteiger partial charge on any atom is 0.324 e. The average Bonchev–Trinajstić information content (AvgIpc) is 3.33. The summed E-state index contributed by atoms with van der Waals surface area (Å²) in [4.78, 5) is 54.9. The highest BCUT2D eigenvalue weighted by Gasteiger charge is 2.66. The second-order valence-corrected chi connectivity index (χ2v) is 9.87. The van der Waals surface area contributed by atoms with Crippen LogP contribution in [0.1, 0.15) is 54.1 Å². The van der Waals surface area contributed by atoms with Crippen LogP contribution in [0, 0.1) is 17.3 Å². The zero-order chi connectivity index (χ0) is 28.5. The van der Waals surface area contributed by atoms with Gasteiger partial charge in [-0.1, -0.05) is 91.0 Å². The second-order valence-electron chi connectivity index (χ2n) is 9.87. The zero-order valence-corrected chi connectivity index (χ0v) is 22.8. The molecule has 4 rings (SSSR count). The number of rotatable bonds is 11. The summed E-state index contributed by atoms with van der Waals surface area (Å²) in [5, 5.41) is 0. The topological polar surface area (TPSA) is 96.0 Å². The molecular weight excluding hydrogens is 508 g/mol. The maximum absolute atomic E-state index is 14.2. The van der Waals surface area contributed by atoms with E-state index in [0.29, 0.717) is 11.1 Å². The van der Waals surface area contributed by atoms with Crippen LogP contribution in [-0.4, -0.2) is 36.9 Å². The summed E-state index contributed by atoms with van der Waals surface area (Å²) in [5.74, 6) is -4.77. The summed E-state index contributed by atoms with van der Waals surface area (Å²) in [6.07, 6.45) is -0.242. The lowest BCUT2D eigenvalue weighted by molar-refractivity contribution is -0.173. The molecule has 3 aromatic carbocycles. The third kappa shape index (κ3) is 5.98. The van der Waals surface area contributed by atoms with Crippen molar-refractivity contribution >= 4 is 23.7 Å². The summed E-state index contributed by atoms with van der Waals surface area (Å²) in [6, 6.07) is 27.0. The molecule has 1 fully saturated rings. The van der Waals surface area contributed by atoms with Crippen molar-refractivity contribution in [2.24, 2.45) is 17.3 Å². The van der Waals surface area contributed by atoms with E-state index >= 15 is 0 Å². The Kier molecular flexibility index (Phi) is 9.48. The monoisotopic (exact) mass is 542 g/mol. The van der Waals surface area contributed by atoms with Crippen LogP contribution in [0.2, 0.25) is 0 Å². The lowest BCUT2D eigenvalue weighted by atomic mass is 9.70. The van der Waals surface area contributed by atoms with Gasteiger partial charge in [0.05, 0.1) is 13.2 Å². The molecule has 1 aliphatic rings. The van der Waals surface area contributed by atoms with E-state index in [4.69, 9.17) is 14.2 Å². The van der Waals surface area contributed by atoms with Gasteiger partial charge in [-0.15, -0.1) is 0 Å². The van der Waals surface area contributed by atoms with Crippen LogP contribution in [0.4, 0.5) is 0 Å². The van der Waals surface area contributed by atoms with Gasteiger partial charge in [0.15, 0.2) is 11.2 Å². The fourth-order valence-corrected chi connectivity index (χ4v) is 5.79. The lowest BCUT2D eigenvalue weighted by Gasteiger charge is -2.33. The van der Waals surface area contributed by atoms with Crippen LogP contribution >= 0.6 is 0 Å². The van der Waals surface area contributed by atoms with Crippen LogP contribution in [0.15, 0.2) is 91.0 Å². The number of carbonyl (C=O) groups excluding carboxylic acids is 4. The van der Waals surface area contributed by atoms with E-state index in [1.54, 1.807) is 68.4 Å². The normalized spacial score (nSPS) is 19.4. The number of hydrogen-bond donors (Lipinski definition) is 0. The SMILES string of the molecule is CCOC(=O)C1(C(=O)OCC)C[C@H](CC(=O)OCc2ccccc2)[C@@H](C(=O)c2ccccc2)[C@H]1c1ccccc1. The van der Waals surface area contributed by atoms with Gasteiger partial charge >= 0.3 is 17.9 Å². The summed E-state index contributed by atoms with van der Waals surface area (Å²) < 4.78 is 16.5. The van der Waals surface area contributed by atoms with Crippen molar-refractivity contribution in [2.75, 3.05) is 13.2 Å². The Morgan fingerprint density at radius 3 is 1.80 bits per heavy atom. The Morgan fingerprint density at radius 2 is 1.25 bits per heavy atom. The van der Waals surface area contributed by atoms with Crippen LogP contribution < -0.4 is 0 Å². The Morgan fingerprint density at radius 1 is 0.725 bits per heavy atom. The Balaban J connectivity index is 1.80. The molecule has 0 N–H and O–H groups in total. The minimum Gasteiger partial charge on any atom is -0.465 e. The van der Waals surface area contributed by atoms with E-state index in [9.17, 15) is 19.2 Å². The van der Waals surface area contributed by atoms with Crippen LogP contribution in [0.5, 0.6) is 0 Å². The number of esters is 3. The van der Waals surface area contributed by atoms with E-state index in [-0.39, 0.29) is 38.4 Å². The second kappa shape index (κ2) is 13.2. The van der Waals surface area contributed by atoms with E-state index in [1.807, 2.05) is 36.4 Å². The maximum atomic E-state index is 14.2. The van der Waals surface area contributed by atoms with Gasteiger partial charge in [0.25, 0.3) is 0 Å². The van der Waals surface area contributed by atoms with Gasteiger partial charge in [-0.05, 0) is 37.3 Å². The molecule has 0 saturated heterocycles. The smallest absolute Gasteiger partial charge is 0.324 e. The van der Waals surface area contributed by atoms with Gasteiger partial charge in [-0.2, -0.15) is 0 Å². The van der Waals surface area contributed by atoms with Crippen LogP contribution in [0.3, 0.4) is 0 Å². The molecule has 40 heavy (non-hydrogen) atoms. The fourth-order valence-electron chi connectivity index (χ4n) is 5.79. The van der Waals surface area contributed by atoms with Crippen molar-refractivity contribution in [2.45, 2.75) is 39.2 Å². The molecule has 0 amide bonds. The molecule has 7 heteroatoms. The first kappa shape index (κ1) is 28.7. The van der Waals surface area contributed by atoms with E-state index in [2.05, 4.69) is 0 Å². The lowest BCUT2D eigenvalue weighted by Crippen LogP contribution is -2.45. The Labute approximate surface area is 234 Å². The summed E-state index contributed by atoms with van der Waals surface area (Å²) in [5.41, 5.74) is 0.0683. The van der Waals surface area contributed by atoms with Gasteiger partial charge in [-0.3, -0.25) is 19.2 Å². The van der Waals surface area contributed by atoms with Gasteiger partial charge in [0, 0.05) is 23.8 Å². The molecule has 0 bridgehead atoms. The predicted molar refractivity (Wildman–Crippen MR) is 148 cm³/mol. The van der Waals surface area contributed by atoms with Crippen LogP contribution in [-0.2, 0) is 35.2 Å². The number of carbonyl (C=O) groups is 4. The van der Waals surface area contributed by atoms with Gasteiger partial charge < -0.3 is 14.2 Å². The summed E-state index contributed by atoms with van der Waals surface area (Å²) in [7, 11) is 0. The highest BCUT2D eigenvalue weighted by Crippen LogP contribution is 2.59. The molecular formula is C33H34O7. The molecule has 0 aliphatic heterocycles. The van der Waals surface area contributed by atoms with Crippen molar-refractivity contribution in [3.8, 4) is 0 Å². The van der Waals surface area contributed by atoms with Crippen molar-refractivity contribution in [1.29, 1.82) is 0 Å². The third-order valence-electron chi connectivity index (χ3n) is 7.45. The largest absolute Gasteiger partial charge is 0.465 e. The first-order valence-electron chi connectivity index (χ1n) is 13.6. The Hall–Kier alpha value is -4.26. The minimum atomic E-state index is -1.81. The molecule has 0 spiro atoms. The van der Waals surface area contributed by atoms with Crippen molar-refractivity contribution < 1.29 is 33.4 Å². The highest BCUT2D eigenvalue weighted by atomic mass is 16.6. The van der Waals surface area contributed by atoms with Crippen molar-refractivity contribution in [1.82, 2.24) is 0 Å². The summed E-state index contributed by atoms with van der Waals surface area (Å²) in [6.45, 7) is 3.49. The zero-order valence-electron chi connectivity index (χ0n) is 22.8. The molecule has 0 unspecified atom stereocenters. The number of Topliss-reactive ketones (excluding diaryl/α,β-unsaturated/α-hetero) is 1. The molecule has 0 radical (unpaired) electrons. The Bertz CT molecular complexity index is 1290. The van der Waals surface area contributed by atoms with Gasteiger partial charge in [0.1, 0.15) is 6.61 Å². The number of ketones is 1. The third-order valence-corrected chi connectivity index (χ3v) is 7.45. The fraction of sp³-hybridized carbons (Fsp3) is 0.333. The highest BCUT2D eigenvalue weighted by molar-refractivity contribution is 6.06. The minimum absolute atomic E-state index is 0.0442. The van der Waals surface area contributed by atoms with E-state index in [1.165, 1.54) is 0 Å². The first-order chi connectivity index (χ1) is 19.4. The summed E-state index contributed by atoms with van der Waals surface area (Å²) >= 11 is 0. The van der Waals surface area contributed by atoms with Crippen molar-refractivity contribution in [3.63, 3.8) is 0 Å². The molecule has 3 atom stereocenters. The molecule has 7 nitrogen and oxygen atoms in total. The number of ether oxygens (including phenoxy) is 3. The quantitative estimate of drug-likeness (QED) is 0.136. The standard InChI is InChI=1S/C33H34O7/c1-3-38-31(36)33(32(37)39-4-2)21-26(20-27(34)40-22-23-14-8-5-9-15-23)28(29(33)24-16-10-6-11-17-24)30(35)25-18-12-7-13-19-25/h5-19,26,28-29H,3-4,20-22H2,1-2H3/t26-,28+,29+/m0/s1. The number of benzene rings is 3. The average molecular weight is 543 g/mol. The molecule has 3 aromatic rings. The van der Waals surface area contributed by atoms with Gasteiger partial charge in [0.2, 0.25) is 0 Å². The molecule has 208 valence electrons. The number of hydrogen-bond acceptors (Lipinski definition) is 7. The van der Waals surface area contributed by atoms with E-state index < -0.39 is 41.1 Å². The molecule has 1 saturated carbocycles. The predicted octanol–water partition coefficient (Wildman–Crippen LogP) is 5.54. The van der Waals surface area contributed by atoms with Crippen molar-refractivity contribution in [3.05, 3.63) is 108 Å². The molecule has 0 aromatic heterocycles. The van der Waals surface area contributed by atoms with Crippen LogP contribution in [0.25, 0.3) is 0 Å². The van der Waals surface area contributed by atoms with Gasteiger partial charge in [-0.25, -0.2) is 0 Å². The first-order valence-corrected chi connectivity index (χ1v) is 13.6. The molecule has 1 aliphatic carbocycles. The van der Waals surface area contributed by atoms with E-state index in [0.717, 1.165) is 5.56 Å². The molecule has 0 heterocycles.